The second kappa shape index (κ2) is 9.23. The maximum Gasteiger partial charge on any atom is 0.227 e. The fraction of sp³-hybridized carbons (Fsp3) is 0.115. The van der Waals surface area contributed by atoms with Gasteiger partial charge in [0.05, 0.1) is 32.2 Å². The van der Waals surface area contributed by atoms with Gasteiger partial charge in [0.15, 0.2) is 11.5 Å². The first kappa shape index (κ1) is 22.0. The Morgan fingerprint density at radius 2 is 1.74 bits per heavy atom. The molecule has 170 valence electrons. The van der Waals surface area contributed by atoms with Crippen molar-refractivity contribution in [3.05, 3.63) is 93.8 Å². The van der Waals surface area contributed by atoms with E-state index < -0.39 is 0 Å². The lowest BCUT2D eigenvalue weighted by Gasteiger charge is -2.14. The summed E-state index contributed by atoms with van der Waals surface area (Å²) in [6.45, 7) is 0.335. The minimum absolute atomic E-state index is 0.317. The Hall–Kier alpha value is -3.78. The number of fused-ring (bicyclic) bond motifs is 3. The van der Waals surface area contributed by atoms with Gasteiger partial charge < -0.3 is 14.8 Å². The molecule has 4 aromatic rings. The van der Waals surface area contributed by atoms with E-state index in [4.69, 9.17) is 19.5 Å². The summed E-state index contributed by atoms with van der Waals surface area (Å²) in [5.74, 6) is 1.33. The largest absolute Gasteiger partial charge is 0.493 e. The van der Waals surface area contributed by atoms with Gasteiger partial charge in [-0.05, 0) is 36.4 Å². The van der Waals surface area contributed by atoms with E-state index in [0.717, 1.165) is 32.5 Å². The fourth-order valence-corrected chi connectivity index (χ4v) is 4.27. The van der Waals surface area contributed by atoms with Gasteiger partial charge in [0.1, 0.15) is 5.82 Å². The first-order valence-corrected chi connectivity index (χ1v) is 11.3. The first-order chi connectivity index (χ1) is 16.6. The molecule has 1 N–H and O–H groups in total. The number of hydrogen-bond donors (Lipinski definition) is 1. The maximum absolute atomic E-state index is 14.7. The third-order valence-corrected chi connectivity index (χ3v) is 6.03. The molecule has 5 rings (SSSR count). The Labute approximate surface area is 204 Å². The Bertz CT molecular complexity index is 1420. The molecule has 0 unspecified atom stereocenters. The minimum atomic E-state index is -0.317. The van der Waals surface area contributed by atoms with E-state index in [0.29, 0.717) is 35.3 Å². The van der Waals surface area contributed by atoms with Gasteiger partial charge in [-0.2, -0.15) is 0 Å². The van der Waals surface area contributed by atoms with E-state index >= 15 is 0 Å². The molecule has 0 atom stereocenters. The standard InChI is InChI=1S/C26H20BrFN4O2/c1-33-22-10-8-17(12-23(22)34-2)31-26-30-14-15-13-29-25(19-5-3-4-6-21(19)28)18-9-7-16(27)11-20(18)24(15)32-26/h3-12,14H,13H2,1-2H3,(H,30,31,32). The van der Waals surface area contributed by atoms with Gasteiger partial charge in [-0.15, -0.1) is 0 Å². The Morgan fingerprint density at radius 3 is 2.53 bits per heavy atom. The fourth-order valence-electron chi connectivity index (χ4n) is 3.91. The number of ether oxygens (including phenoxy) is 2. The molecule has 0 amide bonds. The summed E-state index contributed by atoms with van der Waals surface area (Å²) in [6, 6.07) is 18.0. The van der Waals surface area contributed by atoms with Gasteiger partial charge in [0.25, 0.3) is 0 Å². The number of hydrogen-bond acceptors (Lipinski definition) is 6. The molecule has 8 heteroatoms. The zero-order valence-electron chi connectivity index (χ0n) is 18.5. The summed E-state index contributed by atoms with van der Waals surface area (Å²) in [6.07, 6.45) is 1.75. The Balaban J connectivity index is 1.58. The summed E-state index contributed by atoms with van der Waals surface area (Å²) in [4.78, 5) is 14.1. The molecule has 3 aromatic carbocycles. The van der Waals surface area contributed by atoms with Crippen LogP contribution in [-0.2, 0) is 6.54 Å². The predicted molar refractivity (Wildman–Crippen MR) is 134 cm³/mol. The molecule has 0 fully saturated rings. The van der Waals surface area contributed by atoms with Gasteiger partial charge in [0.2, 0.25) is 5.95 Å². The zero-order chi connectivity index (χ0) is 23.7. The highest BCUT2D eigenvalue weighted by Gasteiger charge is 2.23. The smallest absolute Gasteiger partial charge is 0.227 e. The van der Waals surface area contributed by atoms with Gasteiger partial charge >= 0.3 is 0 Å². The van der Waals surface area contributed by atoms with E-state index in [9.17, 15) is 4.39 Å². The quantitative estimate of drug-likeness (QED) is 0.342. The third-order valence-electron chi connectivity index (χ3n) is 5.53. The van der Waals surface area contributed by atoms with Crippen molar-refractivity contribution >= 4 is 33.3 Å². The van der Waals surface area contributed by atoms with Crippen LogP contribution >= 0.6 is 15.9 Å². The van der Waals surface area contributed by atoms with Crippen molar-refractivity contribution in [3.8, 4) is 22.8 Å². The van der Waals surface area contributed by atoms with Crippen molar-refractivity contribution in [1.82, 2.24) is 9.97 Å². The summed E-state index contributed by atoms with van der Waals surface area (Å²) in [7, 11) is 3.18. The molecule has 1 aromatic heterocycles. The van der Waals surface area contributed by atoms with E-state index in [1.165, 1.54) is 6.07 Å². The van der Waals surface area contributed by atoms with Crippen molar-refractivity contribution in [2.45, 2.75) is 6.54 Å². The van der Waals surface area contributed by atoms with E-state index in [1.807, 2.05) is 42.5 Å². The molecule has 6 nitrogen and oxygen atoms in total. The lowest BCUT2D eigenvalue weighted by Crippen LogP contribution is -2.07. The van der Waals surface area contributed by atoms with Crippen LogP contribution in [0.15, 0.2) is 76.3 Å². The average Bonchev–Trinajstić information content (AvgIpc) is 3.01. The van der Waals surface area contributed by atoms with Gasteiger partial charge in [-0.3, -0.25) is 4.99 Å². The lowest BCUT2D eigenvalue weighted by molar-refractivity contribution is 0.355. The molecular formula is C26H20BrFN4O2. The number of rotatable bonds is 5. The number of nitrogens with one attached hydrogen (secondary N) is 1. The molecule has 34 heavy (non-hydrogen) atoms. The van der Waals surface area contributed by atoms with Crippen LogP contribution in [0.2, 0.25) is 0 Å². The average molecular weight is 519 g/mol. The SMILES string of the molecule is COc1ccc(Nc2ncc3c(n2)-c2cc(Br)ccc2C(c2ccccc2F)=NC3)cc1OC. The van der Waals surface area contributed by atoms with Crippen LogP contribution in [0.4, 0.5) is 16.0 Å². The predicted octanol–water partition coefficient (Wildman–Crippen LogP) is 6.16. The third kappa shape index (κ3) is 4.12. The first-order valence-electron chi connectivity index (χ1n) is 10.5. The second-order valence-corrected chi connectivity index (χ2v) is 8.51. The molecule has 0 saturated heterocycles. The number of methoxy groups -OCH3 is 2. The molecule has 0 bridgehead atoms. The molecule has 0 saturated carbocycles. The number of aromatic nitrogens is 2. The summed E-state index contributed by atoms with van der Waals surface area (Å²) in [5, 5.41) is 3.23. The Kier molecular flexibility index (Phi) is 5.98. The lowest BCUT2D eigenvalue weighted by atomic mass is 9.95. The summed E-state index contributed by atoms with van der Waals surface area (Å²) >= 11 is 3.56. The highest BCUT2D eigenvalue weighted by Crippen LogP contribution is 2.35. The van der Waals surface area contributed by atoms with E-state index in [2.05, 4.69) is 26.2 Å². The maximum atomic E-state index is 14.7. The number of nitrogens with zero attached hydrogens (tertiary/aromatic N) is 3. The van der Waals surface area contributed by atoms with Crippen molar-refractivity contribution < 1.29 is 13.9 Å². The van der Waals surface area contributed by atoms with Crippen LogP contribution in [0.5, 0.6) is 11.5 Å². The molecule has 0 aliphatic carbocycles. The monoisotopic (exact) mass is 518 g/mol. The minimum Gasteiger partial charge on any atom is -0.493 e. The molecule has 1 aliphatic rings. The van der Waals surface area contributed by atoms with Gasteiger partial charge in [-0.1, -0.05) is 34.1 Å². The summed E-state index contributed by atoms with van der Waals surface area (Å²) < 4.78 is 26.3. The highest BCUT2D eigenvalue weighted by atomic mass is 79.9. The van der Waals surface area contributed by atoms with Crippen LogP contribution in [0.1, 0.15) is 16.7 Å². The second-order valence-electron chi connectivity index (χ2n) is 7.60. The van der Waals surface area contributed by atoms with Crippen molar-refractivity contribution in [1.29, 1.82) is 0 Å². The molecule has 0 radical (unpaired) electrons. The number of aliphatic imine (C=N–C) groups is 1. The molecule has 0 spiro atoms. The van der Waals surface area contributed by atoms with Crippen molar-refractivity contribution in [3.63, 3.8) is 0 Å². The molecule has 2 heterocycles. The van der Waals surface area contributed by atoms with Crippen LogP contribution in [0.25, 0.3) is 11.3 Å². The van der Waals surface area contributed by atoms with Crippen molar-refractivity contribution in [2.75, 3.05) is 19.5 Å². The van der Waals surface area contributed by atoms with E-state index in [1.54, 1.807) is 32.5 Å². The highest BCUT2D eigenvalue weighted by molar-refractivity contribution is 9.10. The van der Waals surface area contributed by atoms with Crippen LogP contribution in [0, 0.1) is 5.82 Å². The number of anilines is 2. The summed E-state index contributed by atoms with van der Waals surface area (Å²) in [5.41, 5.74) is 5.05. The topological polar surface area (TPSA) is 68.6 Å². The van der Waals surface area contributed by atoms with Crippen LogP contribution < -0.4 is 14.8 Å². The van der Waals surface area contributed by atoms with Crippen LogP contribution in [-0.4, -0.2) is 29.9 Å². The van der Waals surface area contributed by atoms with Crippen LogP contribution in [0.3, 0.4) is 0 Å². The number of halogens is 2. The molecular weight excluding hydrogens is 499 g/mol. The normalized spacial score (nSPS) is 12.2. The van der Waals surface area contributed by atoms with Crippen molar-refractivity contribution in [2.24, 2.45) is 4.99 Å². The molecule has 1 aliphatic heterocycles. The van der Waals surface area contributed by atoms with E-state index in [-0.39, 0.29) is 5.82 Å². The van der Waals surface area contributed by atoms with Gasteiger partial charge in [-0.25, -0.2) is 14.4 Å². The Morgan fingerprint density at radius 1 is 0.912 bits per heavy atom. The zero-order valence-corrected chi connectivity index (χ0v) is 20.1. The van der Waals surface area contributed by atoms with Gasteiger partial charge in [0, 0.05) is 44.7 Å². The number of benzene rings is 3.